The maximum absolute atomic E-state index is 4.99. The van der Waals surface area contributed by atoms with E-state index in [-0.39, 0.29) is 0 Å². The Bertz CT molecular complexity index is 2760. The van der Waals surface area contributed by atoms with E-state index in [4.69, 9.17) is 15.0 Å². The minimum absolute atomic E-state index is 0.661. The molecule has 3 heterocycles. The maximum atomic E-state index is 4.99. The van der Waals surface area contributed by atoms with Crippen molar-refractivity contribution in [3.63, 3.8) is 0 Å². The third-order valence-electron chi connectivity index (χ3n) is 9.47. The van der Waals surface area contributed by atoms with Crippen molar-refractivity contribution in [1.29, 1.82) is 0 Å². The standard InChI is InChI=1S/C45H28N4S/c1-3-14-29(15-4-1)43-46-44(30-16-5-2-6-17-30)48-45(47-43)31-26-27-36-41(28-31)50-40-25-13-21-35(42(36)40)34-20-9-12-24-39(34)49-37-22-10-7-18-32(37)33-19-8-11-23-38(33)49/h1-28H. The van der Waals surface area contributed by atoms with Gasteiger partial charge in [-0.15, -0.1) is 11.3 Å². The number of hydrogen-bond acceptors (Lipinski definition) is 4. The van der Waals surface area contributed by atoms with Gasteiger partial charge in [-0.3, -0.25) is 0 Å². The summed E-state index contributed by atoms with van der Waals surface area (Å²) in [5.41, 5.74) is 8.88. The first-order chi connectivity index (χ1) is 24.8. The van der Waals surface area contributed by atoms with E-state index in [0.717, 1.165) is 16.7 Å². The van der Waals surface area contributed by atoms with Crippen LogP contribution >= 0.6 is 11.3 Å². The molecule has 0 aliphatic carbocycles. The number of aromatic nitrogens is 4. The fourth-order valence-corrected chi connectivity index (χ4v) is 8.38. The van der Waals surface area contributed by atoms with Crippen LogP contribution < -0.4 is 0 Å². The van der Waals surface area contributed by atoms with Crippen LogP contribution in [0.4, 0.5) is 0 Å². The molecule has 0 radical (unpaired) electrons. The van der Waals surface area contributed by atoms with Gasteiger partial charge in [-0.05, 0) is 35.9 Å². The minimum Gasteiger partial charge on any atom is -0.309 e. The van der Waals surface area contributed by atoms with Gasteiger partial charge in [0.05, 0.1) is 16.7 Å². The van der Waals surface area contributed by atoms with E-state index in [0.29, 0.717) is 17.5 Å². The summed E-state index contributed by atoms with van der Waals surface area (Å²) in [4.78, 5) is 14.9. The highest BCUT2D eigenvalue weighted by Gasteiger charge is 2.19. The van der Waals surface area contributed by atoms with Gasteiger partial charge >= 0.3 is 0 Å². The molecule has 50 heavy (non-hydrogen) atoms. The lowest BCUT2D eigenvalue weighted by molar-refractivity contribution is 1.07. The second-order valence-electron chi connectivity index (χ2n) is 12.4. The molecule has 0 N–H and O–H groups in total. The van der Waals surface area contributed by atoms with E-state index in [1.165, 1.54) is 58.8 Å². The molecule has 10 aromatic rings. The summed E-state index contributed by atoms with van der Waals surface area (Å²) < 4.78 is 4.86. The molecule has 0 saturated carbocycles. The zero-order valence-corrected chi connectivity index (χ0v) is 27.7. The van der Waals surface area contributed by atoms with Gasteiger partial charge < -0.3 is 4.57 Å². The predicted octanol–water partition coefficient (Wildman–Crippen LogP) is 12.0. The predicted molar refractivity (Wildman–Crippen MR) is 209 cm³/mol. The van der Waals surface area contributed by atoms with Crippen molar-refractivity contribution in [3.05, 3.63) is 170 Å². The Morgan fingerprint density at radius 2 is 0.920 bits per heavy atom. The summed E-state index contributed by atoms with van der Waals surface area (Å²) in [7, 11) is 0. The monoisotopic (exact) mass is 656 g/mol. The van der Waals surface area contributed by atoms with Gasteiger partial charge in [0.15, 0.2) is 17.5 Å². The molecule has 5 heteroatoms. The first-order valence-electron chi connectivity index (χ1n) is 16.7. The van der Waals surface area contributed by atoms with Gasteiger partial charge in [0.1, 0.15) is 0 Å². The first kappa shape index (κ1) is 28.6. The van der Waals surface area contributed by atoms with Crippen molar-refractivity contribution >= 4 is 53.3 Å². The van der Waals surface area contributed by atoms with Gasteiger partial charge in [0, 0.05) is 53.2 Å². The van der Waals surface area contributed by atoms with Crippen molar-refractivity contribution in [3.8, 4) is 51.0 Å². The summed E-state index contributed by atoms with van der Waals surface area (Å²) in [5, 5.41) is 5.00. The highest BCUT2D eigenvalue weighted by Crippen LogP contribution is 2.44. The number of nitrogens with zero attached hydrogens (tertiary/aromatic N) is 4. The molecule has 0 bridgehead atoms. The van der Waals surface area contributed by atoms with Crippen LogP contribution in [0.2, 0.25) is 0 Å². The normalized spacial score (nSPS) is 11.6. The van der Waals surface area contributed by atoms with Gasteiger partial charge in [-0.2, -0.15) is 0 Å². The fourth-order valence-electron chi connectivity index (χ4n) is 7.21. The molecule has 0 unspecified atom stereocenters. The zero-order chi connectivity index (χ0) is 33.0. The maximum Gasteiger partial charge on any atom is 0.164 e. The molecule has 234 valence electrons. The number of para-hydroxylation sites is 3. The Morgan fingerprint density at radius 3 is 1.58 bits per heavy atom. The molecular formula is C45H28N4S. The Kier molecular flexibility index (Phi) is 6.64. The lowest BCUT2D eigenvalue weighted by atomic mass is 9.97. The number of hydrogen-bond donors (Lipinski definition) is 0. The van der Waals surface area contributed by atoms with Crippen LogP contribution in [0.15, 0.2) is 170 Å². The Morgan fingerprint density at radius 1 is 0.380 bits per heavy atom. The van der Waals surface area contributed by atoms with Gasteiger partial charge in [0.2, 0.25) is 0 Å². The van der Waals surface area contributed by atoms with E-state index in [1.807, 2.05) is 72.0 Å². The van der Waals surface area contributed by atoms with Crippen LogP contribution in [0, 0.1) is 0 Å². The van der Waals surface area contributed by atoms with Crippen molar-refractivity contribution in [1.82, 2.24) is 19.5 Å². The largest absolute Gasteiger partial charge is 0.309 e. The molecule has 4 nitrogen and oxygen atoms in total. The van der Waals surface area contributed by atoms with Crippen LogP contribution in [0.25, 0.3) is 93.0 Å². The molecule has 7 aromatic carbocycles. The molecule has 3 aromatic heterocycles. The van der Waals surface area contributed by atoms with E-state index >= 15 is 0 Å². The molecule has 0 fully saturated rings. The quantitative estimate of drug-likeness (QED) is 0.185. The van der Waals surface area contributed by atoms with Crippen molar-refractivity contribution in [2.45, 2.75) is 0 Å². The summed E-state index contributed by atoms with van der Waals surface area (Å²) in [5.74, 6) is 1.98. The fraction of sp³-hybridized carbons (Fsp3) is 0. The summed E-state index contributed by atoms with van der Waals surface area (Å²) in [6.45, 7) is 0. The lowest BCUT2D eigenvalue weighted by Crippen LogP contribution is -2.00. The zero-order valence-electron chi connectivity index (χ0n) is 26.9. The molecule has 0 aliphatic rings. The molecule has 0 spiro atoms. The van der Waals surface area contributed by atoms with Crippen LogP contribution in [0.5, 0.6) is 0 Å². The van der Waals surface area contributed by atoms with Crippen LogP contribution in [0.3, 0.4) is 0 Å². The SMILES string of the molecule is c1ccc(-c2nc(-c3ccccc3)nc(-c3ccc4c(c3)sc3cccc(-c5ccccc5-n5c6ccccc6c6ccccc65)c34)n2)cc1. The van der Waals surface area contributed by atoms with Gasteiger partial charge in [-0.1, -0.05) is 140 Å². The average molecular weight is 657 g/mol. The third-order valence-corrected chi connectivity index (χ3v) is 10.6. The Balaban J connectivity index is 1.16. The second kappa shape index (κ2) is 11.6. The van der Waals surface area contributed by atoms with Crippen LogP contribution in [-0.2, 0) is 0 Å². The molecule has 0 saturated heterocycles. The highest BCUT2D eigenvalue weighted by atomic mass is 32.1. The smallest absolute Gasteiger partial charge is 0.164 e. The number of thiophene rings is 1. The van der Waals surface area contributed by atoms with Crippen molar-refractivity contribution in [2.24, 2.45) is 0 Å². The second-order valence-corrected chi connectivity index (χ2v) is 13.5. The molecule has 0 amide bonds. The van der Waals surface area contributed by atoms with Gasteiger partial charge in [-0.25, -0.2) is 15.0 Å². The Hall–Kier alpha value is -6.43. The molecule has 10 rings (SSSR count). The van der Waals surface area contributed by atoms with E-state index < -0.39 is 0 Å². The van der Waals surface area contributed by atoms with Gasteiger partial charge in [0.25, 0.3) is 0 Å². The highest BCUT2D eigenvalue weighted by molar-refractivity contribution is 7.26. The first-order valence-corrected chi connectivity index (χ1v) is 17.5. The average Bonchev–Trinajstić information content (AvgIpc) is 3.74. The van der Waals surface area contributed by atoms with Crippen LogP contribution in [0.1, 0.15) is 0 Å². The molecule has 0 aliphatic heterocycles. The topological polar surface area (TPSA) is 43.6 Å². The summed E-state index contributed by atoms with van der Waals surface area (Å²) in [6, 6.07) is 59.7. The summed E-state index contributed by atoms with van der Waals surface area (Å²) >= 11 is 1.81. The number of rotatable bonds is 5. The van der Waals surface area contributed by atoms with E-state index in [9.17, 15) is 0 Å². The summed E-state index contributed by atoms with van der Waals surface area (Å²) in [6.07, 6.45) is 0. The number of benzene rings is 7. The third kappa shape index (κ3) is 4.63. The van der Waals surface area contributed by atoms with Crippen LogP contribution in [-0.4, -0.2) is 19.5 Å². The minimum atomic E-state index is 0.661. The van der Waals surface area contributed by atoms with Crippen molar-refractivity contribution in [2.75, 3.05) is 0 Å². The molecular weight excluding hydrogens is 629 g/mol. The Labute approximate surface area is 292 Å². The van der Waals surface area contributed by atoms with E-state index in [1.54, 1.807) is 0 Å². The number of fused-ring (bicyclic) bond motifs is 6. The lowest BCUT2D eigenvalue weighted by Gasteiger charge is -2.15. The van der Waals surface area contributed by atoms with Crippen molar-refractivity contribution < 1.29 is 0 Å². The molecule has 0 atom stereocenters. The van der Waals surface area contributed by atoms with E-state index in [2.05, 4.69) is 114 Å².